The van der Waals surface area contributed by atoms with E-state index >= 15 is 0 Å². The second kappa shape index (κ2) is 7.27. The SMILES string of the molecule is Cc1ccc(C)c(OCC(O)CN2C(=O)NC3(CCC(C)CC3)C2=O)c1. The molecule has 2 fully saturated rings. The van der Waals surface area contributed by atoms with E-state index in [2.05, 4.69) is 12.2 Å². The van der Waals surface area contributed by atoms with Crippen molar-refractivity contribution >= 4 is 11.9 Å². The number of benzene rings is 1. The van der Waals surface area contributed by atoms with E-state index in [0.29, 0.717) is 24.5 Å². The zero-order chi connectivity index (χ0) is 18.9. The molecule has 0 radical (unpaired) electrons. The number of ether oxygens (including phenoxy) is 1. The van der Waals surface area contributed by atoms with E-state index in [1.54, 1.807) is 0 Å². The summed E-state index contributed by atoms with van der Waals surface area (Å²) >= 11 is 0. The molecular weight excluding hydrogens is 332 g/mol. The average molecular weight is 360 g/mol. The summed E-state index contributed by atoms with van der Waals surface area (Å²) in [6.45, 7) is 6.06. The van der Waals surface area contributed by atoms with E-state index in [1.807, 2.05) is 32.0 Å². The number of nitrogens with zero attached hydrogens (tertiary/aromatic N) is 1. The van der Waals surface area contributed by atoms with Crippen molar-refractivity contribution in [1.82, 2.24) is 10.2 Å². The Balaban J connectivity index is 1.59. The summed E-state index contributed by atoms with van der Waals surface area (Å²) in [6.07, 6.45) is 2.27. The first kappa shape index (κ1) is 18.7. The van der Waals surface area contributed by atoms with E-state index < -0.39 is 17.7 Å². The first-order chi connectivity index (χ1) is 12.3. The van der Waals surface area contributed by atoms with Crippen molar-refractivity contribution < 1.29 is 19.4 Å². The Morgan fingerprint density at radius 1 is 1.31 bits per heavy atom. The number of aliphatic hydroxyl groups is 1. The second-order valence-corrected chi connectivity index (χ2v) is 7.84. The van der Waals surface area contributed by atoms with E-state index in [1.165, 1.54) is 0 Å². The zero-order valence-electron chi connectivity index (χ0n) is 15.7. The number of nitrogens with one attached hydrogen (secondary N) is 1. The third-order valence-corrected chi connectivity index (χ3v) is 5.54. The van der Waals surface area contributed by atoms with E-state index in [0.717, 1.165) is 28.9 Å². The lowest BCUT2D eigenvalue weighted by atomic mass is 9.77. The number of rotatable bonds is 5. The van der Waals surface area contributed by atoms with Crippen LogP contribution < -0.4 is 10.1 Å². The lowest BCUT2D eigenvalue weighted by molar-refractivity contribution is -0.133. The van der Waals surface area contributed by atoms with Crippen molar-refractivity contribution in [2.24, 2.45) is 5.92 Å². The number of carbonyl (C=O) groups is 2. The summed E-state index contributed by atoms with van der Waals surface area (Å²) in [5.41, 5.74) is 1.29. The van der Waals surface area contributed by atoms with Crippen molar-refractivity contribution in [3.8, 4) is 5.75 Å². The van der Waals surface area contributed by atoms with Gasteiger partial charge in [-0.05, 0) is 62.6 Å². The predicted molar refractivity (Wildman–Crippen MR) is 98.0 cm³/mol. The molecule has 1 aliphatic carbocycles. The summed E-state index contributed by atoms with van der Waals surface area (Å²) in [6, 6.07) is 5.46. The van der Waals surface area contributed by atoms with Gasteiger partial charge in [0, 0.05) is 0 Å². The fraction of sp³-hybridized carbons (Fsp3) is 0.600. The van der Waals surface area contributed by atoms with Crippen molar-refractivity contribution in [3.05, 3.63) is 29.3 Å². The summed E-state index contributed by atoms with van der Waals surface area (Å²) < 4.78 is 5.69. The quantitative estimate of drug-likeness (QED) is 0.791. The van der Waals surface area contributed by atoms with Gasteiger partial charge in [-0.3, -0.25) is 9.69 Å². The van der Waals surface area contributed by atoms with E-state index in [4.69, 9.17) is 4.74 Å². The van der Waals surface area contributed by atoms with Gasteiger partial charge in [-0.15, -0.1) is 0 Å². The van der Waals surface area contributed by atoms with Crippen LogP contribution in [0, 0.1) is 19.8 Å². The van der Waals surface area contributed by atoms with Crippen LogP contribution in [0.5, 0.6) is 5.75 Å². The molecule has 0 bridgehead atoms. The number of amides is 3. The third kappa shape index (κ3) is 3.70. The molecule has 6 heteroatoms. The summed E-state index contributed by atoms with van der Waals surface area (Å²) in [7, 11) is 0. The van der Waals surface area contributed by atoms with Crippen LogP contribution in [0.15, 0.2) is 18.2 Å². The summed E-state index contributed by atoms with van der Waals surface area (Å²) in [5.74, 6) is 1.08. The average Bonchev–Trinajstić information content (AvgIpc) is 2.83. The van der Waals surface area contributed by atoms with E-state index in [9.17, 15) is 14.7 Å². The lowest BCUT2D eigenvalue weighted by Crippen LogP contribution is -2.49. The zero-order valence-corrected chi connectivity index (χ0v) is 15.7. The smallest absolute Gasteiger partial charge is 0.325 e. The van der Waals surface area contributed by atoms with Gasteiger partial charge in [0.25, 0.3) is 5.91 Å². The van der Waals surface area contributed by atoms with Crippen molar-refractivity contribution in [2.75, 3.05) is 13.2 Å². The van der Waals surface area contributed by atoms with Gasteiger partial charge in [0.05, 0.1) is 6.54 Å². The fourth-order valence-corrected chi connectivity index (χ4v) is 3.75. The van der Waals surface area contributed by atoms with Crippen LogP contribution >= 0.6 is 0 Å². The molecule has 1 saturated heterocycles. The first-order valence-corrected chi connectivity index (χ1v) is 9.33. The number of β-amino-alcohol motifs (C(OH)–C–C–N with tert-alkyl or cyclic N) is 1. The molecule has 1 aromatic carbocycles. The largest absolute Gasteiger partial charge is 0.491 e. The first-order valence-electron chi connectivity index (χ1n) is 9.33. The number of urea groups is 1. The normalized spacial score (nSPS) is 26.9. The van der Waals surface area contributed by atoms with Crippen LogP contribution in [-0.2, 0) is 4.79 Å². The highest BCUT2D eigenvalue weighted by molar-refractivity contribution is 6.07. The monoisotopic (exact) mass is 360 g/mol. The highest BCUT2D eigenvalue weighted by Gasteiger charge is 2.52. The molecule has 2 N–H and O–H groups in total. The van der Waals surface area contributed by atoms with Crippen LogP contribution in [-0.4, -0.2) is 46.7 Å². The summed E-state index contributed by atoms with van der Waals surface area (Å²) in [5, 5.41) is 13.2. The number of imide groups is 1. The number of hydrogen-bond donors (Lipinski definition) is 2. The van der Waals surface area contributed by atoms with Crippen LogP contribution in [0.3, 0.4) is 0 Å². The molecule has 1 saturated carbocycles. The van der Waals surface area contributed by atoms with Crippen molar-refractivity contribution in [3.63, 3.8) is 0 Å². The maximum atomic E-state index is 12.8. The van der Waals surface area contributed by atoms with Crippen molar-refractivity contribution in [2.45, 2.75) is 58.1 Å². The molecule has 3 rings (SSSR count). The molecule has 1 aromatic rings. The molecule has 0 aromatic heterocycles. The highest BCUT2D eigenvalue weighted by Crippen LogP contribution is 2.36. The van der Waals surface area contributed by atoms with E-state index in [-0.39, 0.29) is 19.1 Å². The maximum absolute atomic E-state index is 12.8. The van der Waals surface area contributed by atoms with Gasteiger partial charge in [0.2, 0.25) is 0 Å². The Morgan fingerprint density at radius 3 is 2.69 bits per heavy atom. The van der Waals surface area contributed by atoms with Gasteiger partial charge in [0.15, 0.2) is 0 Å². The molecule has 1 heterocycles. The molecule has 3 amide bonds. The molecule has 1 spiro atoms. The maximum Gasteiger partial charge on any atom is 0.325 e. The minimum Gasteiger partial charge on any atom is -0.491 e. The van der Waals surface area contributed by atoms with Gasteiger partial charge >= 0.3 is 6.03 Å². The number of aliphatic hydroxyl groups excluding tert-OH is 1. The Bertz CT molecular complexity index is 695. The summed E-state index contributed by atoms with van der Waals surface area (Å²) in [4.78, 5) is 26.2. The number of hydrogen-bond acceptors (Lipinski definition) is 4. The second-order valence-electron chi connectivity index (χ2n) is 7.84. The van der Waals surface area contributed by atoms with Crippen molar-refractivity contribution in [1.29, 1.82) is 0 Å². The predicted octanol–water partition coefficient (Wildman–Crippen LogP) is 2.54. The van der Waals surface area contributed by atoms with Crippen LogP contribution in [0.1, 0.15) is 43.7 Å². The van der Waals surface area contributed by atoms with Gasteiger partial charge in [-0.2, -0.15) is 0 Å². The Hall–Kier alpha value is -2.08. The van der Waals surface area contributed by atoms with Crippen LogP contribution in [0.25, 0.3) is 0 Å². The molecular formula is C20H28N2O4. The molecule has 1 aliphatic heterocycles. The minimum absolute atomic E-state index is 0.0331. The Kier molecular flexibility index (Phi) is 5.23. The molecule has 1 unspecified atom stereocenters. The minimum atomic E-state index is -0.928. The van der Waals surface area contributed by atoms with Gasteiger partial charge in [0.1, 0.15) is 24.0 Å². The Labute approximate surface area is 154 Å². The number of carbonyl (C=O) groups excluding carboxylic acids is 2. The number of aryl methyl sites for hydroxylation is 2. The third-order valence-electron chi connectivity index (χ3n) is 5.54. The lowest BCUT2D eigenvalue weighted by Gasteiger charge is -2.33. The van der Waals surface area contributed by atoms with Gasteiger partial charge < -0.3 is 15.2 Å². The van der Waals surface area contributed by atoms with Crippen LogP contribution in [0.2, 0.25) is 0 Å². The van der Waals surface area contributed by atoms with Crippen LogP contribution in [0.4, 0.5) is 4.79 Å². The molecule has 6 nitrogen and oxygen atoms in total. The van der Waals surface area contributed by atoms with Gasteiger partial charge in [-0.1, -0.05) is 19.1 Å². The fourth-order valence-electron chi connectivity index (χ4n) is 3.75. The standard InChI is InChI=1S/C20H28N2O4/c1-13-6-8-20(9-7-13)18(24)22(19(25)21-20)11-16(23)12-26-17-10-14(2)4-5-15(17)3/h4-5,10,13,16,23H,6-9,11-12H2,1-3H3,(H,21,25). The molecule has 26 heavy (non-hydrogen) atoms. The molecule has 1 atom stereocenters. The van der Waals surface area contributed by atoms with Gasteiger partial charge in [-0.25, -0.2) is 4.79 Å². The Morgan fingerprint density at radius 2 is 2.00 bits per heavy atom. The highest BCUT2D eigenvalue weighted by atomic mass is 16.5. The molecule has 142 valence electrons. The topological polar surface area (TPSA) is 78.9 Å². The molecule has 2 aliphatic rings.